The summed E-state index contributed by atoms with van der Waals surface area (Å²) in [4.78, 5) is 16.9. The molecule has 1 aliphatic heterocycles. The molecule has 1 aromatic carbocycles. The number of likely N-dealkylation sites (tertiary alicyclic amines) is 1. The summed E-state index contributed by atoms with van der Waals surface area (Å²) in [6.45, 7) is 1.92. The van der Waals surface area contributed by atoms with E-state index < -0.39 is 12.0 Å². The maximum absolute atomic E-state index is 11.6. The van der Waals surface area contributed by atoms with Crippen LogP contribution in [0.5, 0.6) is 0 Å². The number of aliphatic hydroxyl groups excluding tert-OH is 1. The molecule has 1 saturated heterocycles. The van der Waals surface area contributed by atoms with E-state index in [2.05, 4.69) is 22.0 Å². The molecule has 2 atom stereocenters. The molecule has 0 aliphatic carbocycles. The molecule has 3 rings (SSSR count). The van der Waals surface area contributed by atoms with Crippen molar-refractivity contribution in [3.63, 3.8) is 0 Å². The zero-order valence-electron chi connectivity index (χ0n) is 12.1. The summed E-state index contributed by atoms with van der Waals surface area (Å²) in [7, 11) is 1.36. The van der Waals surface area contributed by atoms with Crippen LogP contribution in [0.3, 0.4) is 0 Å². The average molecular weight is 288 g/mol. The van der Waals surface area contributed by atoms with E-state index in [-0.39, 0.29) is 5.97 Å². The van der Waals surface area contributed by atoms with E-state index in [1.165, 1.54) is 18.1 Å². The number of aromatic nitrogens is 1. The van der Waals surface area contributed by atoms with Crippen molar-refractivity contribution >= 4 is 16.9 Å². The summed E-state index contributed by atoms with van der Waals surface area (Å²) in [5, 5.41) is 11.2. The molecule has 0 spiro atoms. The Labute approximate surface area is 123 Å². The monoisotopic (exact) mass is 288 g/mol. The van der Waals surface area contributed by atoms with Gasteiger partial charge >= 0.3 is 5.97 Å². The summed E-state index contributed by atoms with van der Waals surface area (Å²) in [6, 6.07) is 8.22. The van der Waals surface area contributed by atoms with Crippen LogP contribution < -0.4 is 0 Å². The van der Waals surface area contributed by atoms with E-state index in [9.17, 15) is 9.90 Å². The lowest BCUT2D eigenvalue weighted by atomic mass is 10.1. The zero-order chi connectivity index (χ0) is 14.8. The first kappa shape index (κ1) is 14.1. The summed E-state index contributed by atoms with van der Waals surface area (Å²) in [5.41, 5.74) is 2.41. The maximum atomic E-state index is 11.6. The van der Waals surface area contributed by atoms with Gasteiger partial charge in [-0.1, -0.05) is 18.2 Å². The van der Waals surface area contributed by atoms with E-state index in [1.807, 2.05) is 18.3 Å². The lowest BCUT2D eigenvalue weighted by molar-refractivity contribution is -0.147. The fourth-order valence-electron chi connectivity index (χ4n) is 3.05. The number of aromatic amines is 1. The predicted octanol–water partition coefficient (Wildman–Crippen LogP) is 1.18. The van der Waals surface area contributed by atoms with Gasteiger partial charge in [-0.3, -0.25) is 9.69 Å². The molecule has 21 heavy (non-hydrogen) atoms. The van der Waals surface area contributed by atoms with Crippen molar-refractivity contribution in [2.24, 2.45) is 5.92 Å². The Morgan fingerprint density at radius 2 is 2.24 bits per heavy atom. The predicted molar refractivity (Wildman–Crippen MR) is 80.0 cm³/mol. The van der Waals surface area contributed by atoms with Gasteiger partial charge < -0.3 is 14.8 Å². The van der Waals surface area contributed by atoms with Crippen molar-refractivity contribution in [1.29, 1.82) is 0 Å². The molecule has 0 saturated carbocycles. The van der Waals surface area contributed by atoms with Crippen molar-refractivity contribution in [2.75, 3.05) is 26.7 Å². The van der Waals surface area contributed by atoms with Crippen LogP contribution in [0.4, 0.5) is 0 Å². The number of methoxy groups -OCH3 is 1. The molecule has 2 aromatic rings. The second-order valence-corrected chi connectivity index (χ2v) is 5.57. The highest BCUT2D eigenvalue weighted by Gasteiger charge is 2.36. The molecule has 1 aromatic heterocycles. The van der Waals surface area contributed by atoms with Gasteiger partial charge in [-0.25, -0.2) is 0 Å². The van der Waals surface area contributed by atoms with E-state index in [0.717, 1.165) is 18.5 Å². The van der Waals surface area contributed by atoms with Gasteiger partial charge in [-0.05, 0) is 18.1 Å². The first-order chi connectivity index (χ1) is 10.2. The lowest BCUT2D eigenvalue weighted by Crippen LogP contribution is -2.27. The highest BCUT2D eigenvalue weighted by atomic mass is 16.5. The molecule has 5 heteroatoms. The number of nitrogens with one attached hydrogen (secondary N) is 1. The minimum atomic E-state index is -0.625. The quantitative estimate of drug-likeness (QED) is 0.829. The van der Waals surface area contributed by atoms with Crippen molar-refractivity contribution in [3.8, 4) is 0 Å². The molecule has 2 heterocycles. The van der Waals surface area contributed by atoms with E-state index in [1.54, 1.807) is 0 Å². The highest BCUT2D eigenvalue weighted by molar-refractivity contribution is 5.83. The van der Waals surface area contributed by atoms with Crippen LogP contribution in [0.25, 0.3) is 10.9 Å². The molecule has 0 bridgehead atoms. The van der Waals surface area contributed by atoms with Crippen molar-refractivity contribution in [1.82, 2.24) is 9.88 Å². The van der Waals surface area contributed by atoms with Crippen LogP contribution in [0, 0.1) is 5.92 Å². The number of carbonyl (C=O) groups excluding carboxylic acids is 1. The fourth-order valence-corrected chi connectivity index (χ4v) is 3.05. The Hall–Kier alpha value is -1.85. The summed E-state index contributed by atoms with van der Waals surface area (Å²) in [5.74, 6) is -0.741. The molecule has 0 radical (unpaired) electrons. The Balaban J connectivity index is 1.62. The van der Waals surface area contributed by atoms with Gasteiger partial charge in [-0.2, -0.15) is 0 Å². The largest absolute Gasteiger partial charge is 0.469 e. The van der Waals surface area contributed by atoms with Crippen LogP contribution in [0.15, 0.2) is 30.5 Å². The minimum absolute atomic E-state index is 0.322. The summed E-state index contributed by atoms with van der Waals surface area (Å²) in [6.07, 6.45) is 2.31. The third kappa shape index (κ3) is 2.80. The number of nitrogens with zero attached hydrogens (tertiary/aromatic N) is 1. The van der Waals surface area contributed by atoms with Gasteiger partial charge in [0.2, 0.25) is 0 Å². The third-order valence-corrected chi connectivity index (χ3v) is 4.24. The smallest absolute Gasteiger partial charge is 0.312 e. The second kappa shape index (κ2) is 5.87. The summed E-state index contributed by atoms with van der Waals surface area (Å²) >= 11 is 0. The van der Waals surface area contributed by atoms with Crippen molar-refractivity contribution in [3.05, 3.63) is 36.0 Å². The average Bonchev–Trinajstić information content (AvgIpc) is 3.08. The van der Waals surface area contributed by atoms with Crippen LogP contribution in [0.1, 0.15) is 5.56 Å². The molecule has 2 N–H and O–H groups in total. The Kier molecular flexibility index (Phi) is 3.94. The molecular formula is C16H20N2O3. The number of β-amino-alcohol motifs (C(OH)–C–C–N with tert-alkyl or cyclic N) is 1. The van der Waals surface area contributed by atoms with E-state index in [0.29, 0.717) is 13.1 Å². The van der Waals surface area contributed by atoms with Gasteiger partial charge in [-0.15, -0.1) is 0 Å². The van der Waals surface area contributed by atoms with Crippen LogP contribution >= 0.6 is 0 Å². The van der Waals surface area contributed by atoms with Crippen LogP contribution in [-0.4, -0.2) is 53.8 Å². The fraction of sp³-hybridized carbons (Fsp3) is 0.438. The van der Waals surface area contributed by atoms with Gasteiger partial charge in [0.05, 0.1) is 19.1 Å². The molecular weight excluding hydrogens is 268 g/mol. The standard InChI is InChI=1S/C16H20N2O3/c1-21-16(20)13-9-18(10-15(13)19)7-6-11-8-17-14-5-3-2-4-12(11)14/h2-5,8,13,15,17,19H,6-7,9-10H2,1H3/t13-,15+/m1/s1. The Morgan fingerprint density at radius 1 is 1.43 bits per heavy atom. The number of H-pyrrole nitrogens is 1. The lowest BCUT2D eigenvalue weighted by Gasteiger charge is -2.14. The number of rotatable bonds is 4. The third-order valence-electron chi connectivity index (χ3n) is 4.24. The normalized spacial score (nSPS) is 22.8. The Morgan fingerprint density at radius 3 is 3.05 bits per heavy atom. The maximum Gasteiger partial charge on any atom is 0.312 e. The first-order valence-electron chi connectivity index (χ1n) is 7.22. The molecule has 5 nitrogen and oxygen atoms in total. The van der Waals surface area contributed by atoms with Crippen molar-refractivity contribution in [2.45, 2.75) is 12.5 Å². The minimum Gasteiger partial charge on any atom is -0.469 e. The Bertz CT molecular complexity index is 637. The number of hydrogen-bond donors (Lipinski definition) is 2. The topological polar surface area (TPSA) is 65.6 Å². The number of fused-ring (bicyclic) bond motifs is 1. The molecule has 0 amide bonds. The number of benzene rings is 1. The molecule has 112 valence electrons. The number of hydrogen-bond acceptors (Lipinski definition) is 4. The number of carbonyl (C=O) groups is 1. The molecule has 0 unspecified atom stereocenters. The van der Waals surface area contributed by atoms with Gasteiger partial charge in [0, 0.05) is 36.7 Å². The number of ether oxygens (including phenoxy) is 1. The zero-order valence-corrected chi connectivity index (χ0v) is 12.1. The highest BCUT2D eigenvalue weighted by Crippen LogP contribution is 2.21. The van der Waals surface area contributed by atoms with E-state index >= 15 is 0 Å². The molecule has 1 fully saturated rings. The van der Waals surface area contributed by atoms with Gasteiger partial charge in [0.25, 0.3) is 0 Å². The first-order valence-corrected chi connectivity index (χ1v) is 7.22. The van der Waals surface area contributed by atoms with Crippen LogP contribution in [-0.2, 0) is 16.0 Å². The van der Waals surface area contributed by atoms with E-state index in [4.69, 9.17) is 4.74 Å². The van der Waals surface area contributed by atoms with Gasteiger partial charge in [0.1, 0.15) is 0 Å². The number of para-hydroxylation sites is 1. The second-order valence-electron chi connectivity index (χ2n) is 5.57. The number of esters is 1. The van der Waals surface area contributed by atoms with Gasteiger partial charge in [0.15, 0.2) is 0 Å². The van der Waals surface area contributed by atoms with Crippen LogP contribution in [0.2, 0.25) is 0 Å². The molecule has 1 aliphatic rings. The van der Waals surface area contributed by atoms with Crippen molar-refractivity contribution < 1.29 is 14.6 Å². The summed E-state index contributed by atoms with van der Waals surface area (Å²) < 4.78 is 4.73. The number of aliphatic hydroxyl groups is 1. The SMILES string of the molecule is COC(=O)[C@@H]1CN(CCc2c[nH]c3ccccc23)C[C@@H]1O.